The Kier molecular flexibility index (Phi) is 4.78. The summed E-state index contributed by atoms with van der Waals surface area (Å²) in [6.45, 7) is 0.394. The van der Waals surface area contributed by atoms with Crippen LogP contribution in [-0.2, 0) is 17.1 Å². The van der Waals surface area contributed by atoms with Crippen molar-refractivity contribution in [3.8, 4) is 0 Å². The Morgan fingerprint density at radius 2 is 2.17 bits per heavy atom. The average molecular weight is 262 g/mol. The number of hydrogen-bond donors (Lipinski definition) is 2. The number of thioether (sulfide) groups is 1. The highest BCUT2D eigenvalue weighted by Crippen LogP contribution is 2.10. The number of carbonyl (C=O) groups is 1. The summed E-state index contributed by atoms with van der Waals surface area (Å²) in [5.41, 5.74) is 1.23. The van der Waals surface area contributed by atoms with Crippen molar-refractivity contribution in [3.05, 3.63) is 48.0 Å². The summed E-state index contributed by atoms with van der Waals surface area (Å²) in [4.78, 5) is 15.5. The van der Waals surface area contributed by atoms with Gasteiger partial charge in [0, 0.05) is 5.75 Å². The highest BCUT2D eigenvalue weighted by atomic mass is 32.2. The minimum Gasteiger partial charge on any atom is -0.348 e. The van der Waals surface area contributed by atoms with E-state index in [1.807, 2.05) is 18.2 Å². The van der Waals surface area contributed by atoms with Crippen LogP contribution in [0.5, 0.6) is 0 Å². The first kappa shape index (κ1) is 12.6. The van der Waals surface area contributed by atoms with Crippen molar-refractivity contribution in [1.29, 1.82) is 0 Å². The lowest BCUT2D eigenvalue weighted by atomic mass is 10.2. The molecule has 0 aliphatic rings. The Morgan fingerprint density at radius 1 is 1.33 bits per heavy atom. The molecule has 0 radical (unpaired) electrons. The third kappa shape index (κ3) is 4.21. The molecule has 5 nitrogen and oxygen atoms in total. The standard InChI is InChI=1S/C12H14N4OS/c17-12(13-6-11-14-9-15-16-11)8-18-7-10-4-2-1-3-5-10/h1-5,9H,6-8H2,(H,13,17)(H,14,15,16). The van der Waals surface area contributed by atoms with E-state index < -0.39 is 0 Å². The number of nitrogens with zero attached hydrogens (tertiary/aromatic N) is 2. The van der Waals surface area contributed by atoms with E-state index in [0.717, 1.165) is 5.75 Å². The normalized spacial score (nSPS) is 10.2. The predicted octanol–water partition coefficient (Wildman–Crippen LogP) is 1.35. The molecule has 1 aromatic carbocycles. The van der Waals surface area contributed by atoms with E-state index in [1.165, 1.54) is 11.9 Å². The molecule has 94 valence electrons. The Labute approximate surface area is 109 Å². The van der Waals surface area contributed by atoms with E-state index in [1.54, 1.807) is 11.8 Å². The van der Waals surface area contributed by atoms with Crippen LogP contribution in [0.4, 0.5) is 0 Å². The van der Waals surface area contributed by atoms with Crippen LogP contribution in [0.2, 0.25) is 0 Å². The van der Waals surface area contributed by atoms with Crippen LogP contribution in [0, 0.1) is 0 Å². The number of aromatic nitrogens is 3. The van der Waals surface area contributed by atoms with Crippen LogP contribution in [0.3, 0.4) is 0 Å². The minimum absolute atomic E-state index is 0.00679. The molecule has 1 amide bonds. The summed E-state index contributed by atoms with van der Waals surface area (Å²) in [6, 6.07) is 10.1. The van der Waals surface area contributed by atoms with Crippen molar-refractivity contribution in [2.24, 2.45) is 0 Å². The predicted molar refractivity (Wildman–Crippen MR) is 70.8 cm³/mol. The van der Waals surface area contributed by atoms with Gasteiger partial charge in [0.05, 0.1) is 12.3 Å². The van der Waals surface area contributed by atoms with Gasteiger partial charge in [0.1, 0.15) is 12.2 Å². The van der Waals surface area contributed by atoms with E-state index in [9.17, 15) is 4.79 Å². The van der Waals surface area contributed by atoms with Gasteiger partial charge in [0.15, 0.2) is 0 Å². The van der Waals surface area contributed by atoms with Crippen molar-refractivity contribution >= 4 is 17.7 Å². The van der Waals surface area contributed by atoms with Gasteiger partial charge >= 0.3 is 0 Å². The van der Waals surface area contributed by atoms with E-state index in [2.05, 4.69) is 32.6 Å². The SMILES string of the molecule is O=C(CSCc1ccccc1)NCc1ncn[nH]1. The molecule has 0 saturated carbocycles. The monoisotopic (exact) mass is 262 g/mol. The Bertz CT molecular complexity index is 472. The maximum atomic E-state index is 11.5. The van der Waals surface area contributed by atoms with Gasteiger partial charge in [-0.05, 0) is 5.56 Å². The highest BCUT2D eigenvalue weighted by molar-refractivity contribution is 7.99. The van der Waals surface area contributed by atoms with Gasteiger partial charge in [-0.25, -0.2) is 4.98 Å². The molecule has 18 heavy (non-hydrogen) atoms. The van der Waals surface area contributed by atoms with Crippen molar-refractivity contribution in [1.82, 2.24) is 20.5 Å². The zero-order valence-electron chi connectivity index (χ0n) is 9.80. The summed E-state index contributed by atoms with van der Waals surface area (Å²) in [7, 11) is 0. The molecule has 0 atom stereocenters. The van der Waals surface area contributed by atoms with Crippen LogP contribution in [0.15, 0.2) is 36.7 Å². The number of rotatable bonds is 6. The van der Waals surface area contributed by atoms with Crippen molar-refractivity contribution in [2.45, 2.75) is 12.3 Å². The van der Waals surface area contributed by atoms with Crippen LogP contribution in [0.25, 0.3) is 0 Å². The number of aromatic amines is 1. The molecule has 0 aliphatic carbocycles. The van der Waals surface area contributed by atoms with Gasteiger partial charge in [0.25, 0.3) is 0 Å². The number of benzene rings is 1. The summed E-state index contributed by atoms with van der Waals surface area (Å²) in [5.74, 6) is 1.96. The Hall–Kier alpha value is -1.82. The second-order valence-electron chi connectivity index (χ2n) is 3.69. The van der Waals surface area contributed by atoms with Crippen molar-refractivity contribution in [2.75, 3.05) is 5.75 Å². The number of carbonyl (C=O) groups excluding carboxylic acids is 1. The molecule has 0 unspecified atom stereocenters. The zero-order chi connectivity index (χ0) is 12.6. The first-order valence-electron chi connectivity index (χ1n) is 5.57. The fourth-order valence-electron chi connectivity index (χ4n) is 1.39. The maximum absolute atomic E-state index is 11.5. The molecular formula is C12H14N4OS. The summed E-state index contributed by atoms with van der Waals surface area (Å²) < 4.78 is 0. The molecule has 1 heterocycles. The van der Waals surface area contributed by atoms with Crippen LogP contribution >= 0.6 is 11.8 Å². The molecule has 0 spiro atoms. The topological polar surface area (TPSA) is 70.7 Å². The van der Waals surface area contributed by atoms with Crippen molar-refractivity contribution in [3.63, 3.8) is 0 Å². The smallest absolute Gasteiger partial charge is 0.230 e. The lowest BCUT2D eigenvalue weighted by Gasteiger charge is -2.03. The summed E-state index contributed by atoms with van der Waals surface area (Å²) >= 11 is 1.59. The lowest BCUT2D eigenvalue weighted by molar-refractivity contribution is -0.118. The molecule has 0 saturated heterocycles. The number of hydrogen-bond acceptors (Lipinski definition) is 4. The number of amides is 1. The summed E-state index contributed by atoms with van der Waals surface area (Å²) in [5, 5.41) is 9.18. The molecule has 2 aromatic rings. The third-order valence-electron chi connectivity index (χ3n) is 2.26. The Balaban J connectivity index is 1.63. The molecule has 6 heteroatoms. The van der Waals surface area contributed by atoms with Crippen LogP contribution in [0.1, 0.15) is 11.4 Å². The van der Waals surface area contributed by atoms with E-state index in [0.29, 0.717) is 18.1 Å². The van der Waals surface area contributed by atoms with Gasteiger partial charge in [-0.2, -0.15) is 5.10 Å². The minimum atomic E-state index is 0.00679. The van der Waals surface area contributed by atoms with Gasteiger partial charge in [-0.1, -0.05) is 30.3 Å². The average Bonchev–Trinajstić information content (AvgIpc) is 2.91. The van der Waals surface area contributed by atoms with Gasteiger partial charge < -0.3 is 5.32 Å². The van der Waals surface area contributed by atoms with Crippen molar-refractivity contribution < 1.29 is 4.79 Å². The lowest BCUT2D eigenvalue weighted by Crippen LogP contribution is -2.25. The van der Waals surface area contributed by atoms with Gasteiger partial charge in [-0.15, -0.1) is 11.8 Å². The van der Waals surface area contributed by atoms with E-state index in [4.69, 9.17) is 0 Å². The zero-order valence-corrected chi connectivity index (χ0v) is 10.6. The molecule has 2 N–H and O–H groups in total. The maximum Gasteiger partial charge on any atom is 0.230 e. The highest BCUT2D eigenvalue weighted by Gasteiger charge is 2.03. The number of nitrogens with one attached hydrogen (secondary N) is 2. The van der Waals surface area contributed by atoms with Gasteiger partial charge in [0.2, 0.25) is 5.91 Å². The largest absolute Gasteiger partial charge is 0.348 e. The van der Waals surface area contributed by atoms with Gasteiger partial charge in [-0.3, -0.25) is 9.89 Å². The van der Waals surface area contributed by atoms with Crippen LogP contribution in [-0.4, -0.2) is 26.8 Å². The first-order valence-corrected chi connectivity index (χ1v) is 6.72. The van der Waals surface area contributed by atoms with E-state index >= 15 is 0 Å². The fourth-order valence-corrected chi connectivity index (χ4v) is 2.20. The molecule has 0 aliphatic heterocycles. The summed E-state index contributed by atoms with van der Waals surface area (Å²) in [6.07, 6.45) is 1.42. The Morgan fingerprint density at radius 3 is 2.89 bits per heavy atom. The fraction of sp³-hybridized carbons (Fsp3) is 0.250. The number of H-pyrrole nitrogens is 1. The molecule has 1 aromatic heterocycles. The molecule has 0 bridgehead atoms. The second-order valence-corrected chi connectivity index (χ2v) is 4.67. The molecule has 0 fully saturated rings. The van der Waals surface area contributed by atoms with Crippen LogP contribution < -0.4 is 5.32 Å². The second kappa shape index (κ2) is 6.80. The molecule has 2 rings (SSSR count). The third-order valence-corrected chi connectivity index (χ3v) is 3.27. The molecular weight excluding hydrogens is 248 g/mol. The van der Waals surface area contributed by atoms with E-state index in [-0.39, 0.29) is 5.91 Å². The quantitative estimate of drug-likeness (QED) is 0.824. The first-order chi connectivity index (χ1) is 8.84.